The first kappa shape index (κ1) is 11.8. The molecule has 2 nitrogen and oxygen atoms in total. The molecule has 2 aromatic heterocycles. The molecule has 0 radical (unpaired) electrons. The average Bonchev–Trinajstić information content (AvgIpc) is 2.85. The Morgan fingerprint density at radius 3 is 3.00 bits per heavy atom. The summed E-state index contributed by atoms with van der Waals surface area (Å²) in [6, 6.07) is 4.19. The van der Waals surface area contributed by atoms with Crippen LogP contribution in [0.4, 0.5) is 0 Å². The van der Waals surface area contributed by atoms with Gasteiger partial charge in [-0.15, -0.1) is 22.7 Å². The van der Waals surface area contributed by atoms with E-state index in [0.29, 0.717) is 0 Å². The van der Waals surface area contributed by atoms with Gasteiger partial charge in [0.1, 0.15) is 5.01 Å². The summed E-state index contributed by atoms with van der Waals surface area (Å²) in [4.78, 5) is 5.89. The zero-order chi connectivity index (χ0) is 11.7. The van der Waals surface area contributed by atoms with Gasteiger partial charge in [-0.3, -0.25) is 0 Å². The molecule has 90 valence electrons. The number of hydrogen-bond donors (Lipinski definition) is 1. The molecule has 2 aromatic rings. The number of halogens is 1. The molecule has 3 rings (SSSR count). The number of nitrogens with zero attached hydrogens (tertiary/aromatic N) is 1. The van der Waals surface area contributed by atoms with Crippen LogP contribution in [0.25, 0.3) is 10.6 Å². The van der Waals surface area contributed by atoms with Crippen LogP contribution in [0.15, 0.2) is 21.3 Å². The highest BCUT2D eigenvalue weighted by atomic mass is 79.9. The fourth-order valence-electron chi connectivity index (χ4n) is 1.66. The molecule has 1 saturated carbocycles. The van der Waals surface area contributed by atoms with Gasteiger partial charge in [-0.1, -0.05) is 0 Å². The van der Waals surface area contributed by atoms with Crippen LogP contribution >= 0.6 is 38.6 Å². The Kier molecular flexibility index (Phi) is 3.61. The minimum absolute atomic E-state index is 0.910. The molecule has 0 spiro atoms. The molecule has 1 aliphatic rings. The molecule has 2 heterocycles. The van der Waals surface area contributed by atoms with E-state index >= 15 is 0 Å². The summed E-state index contributed by atoms with van der Waals surface area (Å²) >= 11 is 6.96. The lowest BCUT2D eigenvalue weighted by Gasteiger charge is -1.98. The van der Waals surface area contributed by atoms with Gasteiger partial charge >= 0.3 is 0 Å². The van der Waals surface area contributed by atoms with Crippen LogP contribution < -0.4 is 5.32 Å². The summed E-state index contributed by atoms with van der Waals surface area (Å²) in [5, 5.41) is 6.81. The molecule has 0 saturated heterocycles. The molecule has 1 fully saturated rings. The Morgan fingerprint density at radius 1 is 1.41 bits per heavy atom. The van der Waals surface area contributed by atoms with Gasteiger partial charge in [-0.05, 0) is 53.4 Å². The largest absolute Gasteiger partial charge is 0.310 e. The van der Waals surface area contributed by atoms with E-state index < -0.39 is 0 Å². The summed E-state index contributed by atoms with van der Waals surface area (Å²) in [5.74, 6) is 0.933. The van der Waals surface area contributed by atoms with Crippen molar-refractivity contribution in [1.29, 1.82) is 0 Å². The molecule has 1 aliphatic carbocycles. The van der Waals surface area contributed by atoms with Crippen LogP contribution in [-0.4, -0.2) is 11.5 Å². The summed E-state index contributed by atoms with van der Waals surface area (Å²) in [7, 11) is 0. The lowest BCUT2D eigenvalue weighted by atomic mass is 10.4. The molecule has 17 heavy (non-hydrogen) atoms. The first-order chi connectivity index (χ1) is 8.31. The maximum absolute atomic E-state index is 4.66. The van der Waals surface area contributed by atoms with Crippen molar-refractivity contribution in [3.05, 3.63) is 26.3 Å². The molecule has 0 amide bonds. The summed E-state index contributed by atoms with van der Waals surface area (Å²) in [6.45, 7) is 2.06. The zero-order valence-corrected chi connectivity index (χ0v) is 12.5. The van der Waals surface area contributed by atoms with Crippen LogP contribution in [0.5, 0.6) is 0 Å². The Morgan fingerprint density at radius 2 is 2.29 bits per heavy atom. The molecule has 0 unspecified atom stereocenters. The van der Waals surface area contributed by atoms with Crippen molar-refractivity contribution < 1.29 is 0 Å². The van der Waals surface area contributed by atoms with Crippen LogP contribution in [0.2, 0.25) is 0 Å². The molecular formula is C12H13BrN2S2. The molecule has 0 atom stereocenters. The van der Waals surface area contributed by atoms with Gasteiger partial charge in [-0.2, -0.15) is 0 Å². The number of thiazole rings is 1. The fourth-order valence-corrected chi connectivity index (χ4v) is 3.85. The standard InChI is InChI=1S/C12H13BrN2S2/c13-11-4-3-10(17-11)9-7-16-12(15-9)6-14-5-8-1-2-8/h3-4,7-8,14H,1-2,5-6H2. The lowest BCUT2D eigenvalue weighted by molar-refractivity contribution is 0.637. The topological polar surface area (TPSA) is 24.9 Å². The average molecular weight is 329 g/mol. The van der Waals surface area contributed by atoms with E-state index in [4.69, 9.17) is 0 Å². The Bertz CT molecular complexity index is 502. The first-order valence-electron chi connectivity index (χ1n) is 5.72. The molecule has 0 aromatic carbocycles. The second-order valence-corrected chi connectivity index (χ2v) is 7.71. The number of rotatable bonds is 5. The van der Waals surface area contributed by atoms with E-state index in [1.54, 1.807) is 22.7 Å². The van der Waals surface area contributed by atoms with Gasteiger partial charge in [0.25, 0.3) is 0 Å². The van der Waals surface area contributed by atoms with E-state index in [-0.39, 0.29) is 0 Å². The van der Waals surface area contributed by atoms with Crippen molar-refractivity contribution in [3.63, 3.8) is 0 Å². The monoisotopic (exact) mass is 328 g/mol. The quantitative estimate of drug-likeness (QED) is 0.892. The van der Waals surface area contributed by atoms with Gasteiger partial charge in [0, 0.05) is 11.9 Å². The maximum atomic E-state index is 4.66. The van der Waals surface area contributed by atoms with Crippen LogP contribution in [0.3, 0.4) is 0 Å². The summed E-state index contributed by atoms with van der Waals surface area (Å²) in [5.41, 5.74) is 1.11. The summed E-state index contributed by atoms with van der Waals surface area (Å²) < 4.78 is 1.16. The van der Waals surface area contributed by atoms with Crippen LogP contribution in [0.1, 0.15) is 17.8 Å². The maximum Gasteiger partial charge on any atom is 0.107 e. The molecule has 1 N–H and O–H groups in total. The van der Waals surface area contributed by atoms with Gasteiger partial charge in [-0.25, -0.2) is 4.98 Å². The van der Waals surface area contributed by atoms with E-state index in [2.05, 4.69) is 43.7 Å². The fraction of sp³-hybridized carbons (Fsp3) is 0.417. The number of hydrogen-bond acceptors (Lipinski definition) is 4. The van der Waals surface area contributed by atoms with Gasteiger partial charge in [0.05, 0.1) is 14.4 Å². The third-order valence-electron chi connectivity index (χ3n) is 2.78. The van der Waals surface area contributed by atoms with Crippen molar-refractivity contribution >= 4 is 38.6 Å². The molecule has 5 heteroatoms. The smallest absolute Gasteiger partial charge is 0.107 e. The Hall–Kier alpha value is -0.230. The normalized spacial score (nSPS) is 15.4. The third-order valence-corrected chi connectivity index (χ3v) is 5.28. The first-order valence-corrected chi connectivity index (χ1v) is 8.21. The van der Waals surface area contributed by atoms with Crippen LogP contribution in [-0.2, 0) is 6.54 Å². The predicted octanol–water partition coefficient (Wildman–Crippen LogP) is 4.13. The minimum Gasteiger partial charge on any atom is -0.310 e. The van der Waals surface area contributed by atoms with Crippen molar-refractivity contribution in [1.82, 2.24) is 10.3 Å². The lowest BCUT2D eigenvalue weighted by Crippen LogP contribution is -2.15. The zero-order valence-electron chi connectivity index (χ0n) is 9.28. The second-order valence-electron chi connectivity index (χ2n) is 4.30. The number of aromatic nitrogens is 1. The SMILES string of the molecule is Brc1ccc(-c2csc(CNCC3CC3)n2)s1. The van der Waals surface area contributed by atoms with Crippen molar-refractivity contribution in [2.24, 2.45) is 5.92 Å². The highest BCUT2D eigenvalue weighted by Crippen LogP contribution is 2.32. The van der Waals surface area contributed by atoms with E-state index in [1.165, 1.54) is 22.7 Å². The minimum atomic E-state index is 0.910. The third kappa shape index (κ3) is 3.16. The van der Waals surface area contributed by atoms with Crippen molar-refractivity contribution in [2.45, 2.75) is 19.4 Å². The molecule has 0 bridgehead atoms. The van der Waals surface area contributed by atoms with Gasteiger partial charge < -0.3 is 5.32 Å². The summed E-state index contributed by atoms with van der Waals surface area (Å²) in [6.07, 6.45) is 2.80. The van der Waals surface area contributed by atoms with E-state index in [0.717, 1.165) is 28.5 Å². The van der Waals surface area contributed by atoms with Crippen molar-refractivity contribution in [2.75, 3.05) is 6.54 Å². The number of thiophene rings is 1. The highest BCUT2D eigenvalue weighted by molar-refractivity contribution is 9.11. The van der Waals surface area contributed by atoms with E-state index in [1.807, 2.05) is 0 Å². The Labute approximate surface area is 117 Å². The predicted molar refractivity (Wildman–Crippen MR) is 77.6 cm³/mol. The van der Waals surface area contributed by atoms with E-state index in [9.17, 15) is 0 Å². The Balaban J connectivity index is 1.61. The van der Waals surface area contributed by atoms with Crippen LogP contribution in [0, 0.1) is 5.92 Å². The van der Waals surface area contributed by atoms with Crippen molar-refractivity contribution in [3.8, 4) is 10.6 Å². The highest BCUT2D eigenvalue weighted by Gasteiger charge is 2.20. The van der Waals surface area contributed by atoms with Gasteiger partial charge in [0.15, 0.2) is 0 Å². The number of nitrogens with one attached hydrogen (secondary N) is 1. The van der Waals surface area contributed by atoms with Gasteiger partial charge in [0.2, 0.25) is 0 Å². The second kappa shape index (κ2) is 5.18. The molecule has 0 aliphatic heterocycles. The molecular weight excluding hydrogens is 316 g/mol.